The van der Waals surface area contributed by atoms with E-state index in [4.69, 9.17) is 21.6 Å². The number of nitrogens with zero attached hydrogens (tertiary/aromatic N) is 1. The lowest BCUT2D eigenvalue weighted by atomic mass is 9.80. The molecule has 7 heteroatoms. The maximum absolute atomic E-state index is 10.3. The summed E-state index contributed by atoms with van der Waals surface area (Å²) >= 11 is 5.50. The van der Waals surface area contributed by atoms with Crippen LogP contribution in [0.1, 0.15) is 0 Å². The van der Waals surface area contributed by atoms with Gasteiger partial charge >= 0.3 is 7.12 Å². The number of nitro benzene ring substituents is 1. The summed E-state index contributed by atoms with van der Waals surface area (Å²) in [5.74, 6) is 0. The lowest BCUT2D eigenvalue weighted by Gasteiger charge is -1.99. The van der Waals surface area contributed by atoms with Crippen LogP contribution in [0.5, 0.6) is 0 Å². The van der Waals surface area contributed by atoms with Crippen LogP contribution in [0.15, 0.2) is 18.2 Å². The Morgan fingerprint density at radius 1 is 1.46 bits per heavy atom. The average molecular weight is 201 g/mol. The molecule has 0 bridgehead atoms. The molecule has 13 heavy (non-hydrogen) atoms. The quantitative estimate of drug-likeness (QED) is 0.398. The summed E-state index contributed by atoms with van der Waals surface area (Å²) in [7, 11) is -1.67. The number of hydrogen-bond donors (Lipinski definition) is 2. The minimum Gasteiger partial charge on any atom is -0.423 e. The predicted octanol–water partition coefficient (Wildman–Crippen LogP) is -0.0720. The van der Waals surface area contributed by atoms with Crippen LogP contribution in [0.3, 0.4) is 0 Å². The highest BCUT2D eigenvalue weighted by Crippen LogP contribution is 2.21. The van der Waals surface area contributed by atoms with Crippen molar-refractivity contribution in [2.45, 2.75) is 0 Å². The molecule has 0 saturated heterocycles. The second kappa shape index (κ2) is 3.74. The molecule has 0 fully saturated rings. The fourth-order valence-corrected chi connectivity index (χ4v) is 1.09. The molecular formula is C6H5BClNO4. The van der Waals surface area contributed by atoms with Gasteiger partial charge in [0.05, 0.1) is 4.92 Å². The Bertz CT molecular complexity index is 343. The maximum Gasteiger partial charge on any atom is 0.488 e. The van der Waals surface area contributed by atoms with Crippen LogP contribution in [-0.4, -0.2) is 22.1 Å². The first-order valence-electron chi connectivity index (χ1n) is 3.32. The van der Waals surface area contributed by atoms with E-state index in [0.717, 1.165) is 12.1 Å². The average Bonchev–Trinajstić information content (AvgIpc) is 2.03. The highest BCUT2D eigenvalue weighted by atomic mass is 35.5. The molecule has 0 aromatic heterocycles. The molecule has 1 aromatic rings. The second-order valence-corrected chi connectivity index (χ2v) is 2.75. The topological polar surface area (TPSA) is 83.6 Å². The van der Waals surface area contributed by atoms with Crippen LogP contribution in [0.2, 0.25) is 5.02 Å². The molecule has 0 radical (unpaired) electrons. The van der Waals surface area contributed by atoms with Gasteiger partial charge in [-0.05, 0) is 11.5 Å². The van der Waals surface area contributed by atoms with Crippen molar-refractivity contribution in [2.75, 3.05) is 0 Å². The van der Waals surface area contributed by atoms with Crippen LogP contribution in [0.4, 0.5) is 5.69 Å². The Hall–Kier alpha value is -1.11. The van der Waals surface area contributed by atoms with Gasteiger partial charge in [-0.3, -0.25) is 10.1 Å². The van der Waals surface area contributed by atoms with Crippen LogP contribution in [-0.2, 0) is 0 Å². The van der Waals surface area contributed by atoms with Gasteiger partial charge in [0.1, 0.15) is 5.02 Å². The van der Waals surface area contributed by atoms with Gasteiger partial charge in [0.15, 0.2) is 0 Å². The largest absolute Gasteiger partial charge is 0.488 e. The van der Waals surface area contributed by atoms with E-state index in [-0.39, 0.29) is 16.2 Å². The third-order valence-electron chi connectivity index (χ3n) is 1.47. The Morgan fingerprint density at radius 2 is 2.08 bits per heavy atom. The van der Waals surface area contributed by atoms with E-state index in [9.17, 15) is 10.1 Å². The van der Waals surface area contributed by atoms with Crippen molar-refractivity contribution in [3.63, 3.8) is 0 Å². The number of hydrogen-bond acceptors (Lipinski definition) is 4. The van der Waals surface area contributed by atoms with Crippen molar-refractivity contribution in [3.05, 3.63) is 33.3 Å². The summed E-state index contributed by atoms with van der Waals surface area (Å²) in [6.07, 6.45) is 0. The lowest BCUT2D eigenvalue weighted by Crippen LogP contribution is -2.29. The van der Waals surface area contributed by atoms with Gasteiger partial charge in [-0.2, -0.15) is 0 Å². The SMILES string of the molecule is O=[N+]([O-])c1ccc(B(O)O)cc1Cl. The van der Waals surface area contributed by atoms with Gasteiger partial charge in [-0.15, -0.1) is 0 Å². The van der Waals surface area contributed by atoms with Crippen molar-refractivity contribution < 1.29 is 15.0 Å². The summed E-state index contributed by atoms with van der Waals surface area (Å²) in [4.78, 5) is 9.66. The summed E-state index contributed by atoms with van der Waals surface area (Å²) in [5, 5.41) is 27.6. The molecule has 1 aromatic carbocycles. The van der Waals surface area contributed by atoms with Crippen LogP contribution < -0.4 is 5.46 Å². The zero-order valence-corrected chi connectivity index (χ0v) is 7.10. The highest BCUT2D eigenvalue weighted by molar-refractivity contribution is 6.59. The Morgan fingerprint density at radius 3 is 2.46 bits per heavy atom. The zero-order valence-electron chi connectivity index (χ0n) is 6.35. The van der Waals surface area contributed by atoms with E-state index in [1.807, 2.05) is 0 Å². The molecule has 0 spiro atoms. The monoisotopic (exact) mass is 201 g/mol. The second-order valence-electron chi connectivity index (χ2n) is 2.34. The molecule has 0 amide bonds. The molecule has 0 aliphatic heterocycles. The Balaban J connectivity index is 3.13. The van der Waals surface area contributed by atoms with E-state index in [2.05, 4.69) is 0 Å². The lowest BCUT2D eigenvalue weighted by molar-refractivity contribution is -0.384. The van der Waals surface area contributed by atoms with Crippen molar-refractivity contribution in [3.8, 4) is 0 Å². The van der Waals surface area contributed by atoms with Gasteiger partial charge < -0.3 is 10.0 Å². The van der Waals surface area contributed by atoms with E-state index in [0.29, 0.717) is 0 Å². The van der Waals surface area contributed by atoms with Crippen LogP contribution in [0, 0.1) is 10.1 Å². The predicted molar refractivity (Wildman–Crippen MR) is 47.9 cm³/mol. The first-order valence-corrected chi connectivity index (χ1v) is 3.70. The van der Waals surface area contributed by atoms with E-state index in [1.165, 1.54) is 6.07 Å². The van der Waals surface area contributed by atoms with Gasteiger partial charge in [0.25, 0.3) is 5.69 Å². The smallest absolute Gasteiger partial charge is 0.423 e. The minimum absolute atomic E-state index is 0.115. The summed E-state index contributed by atoms with van der Waals surface area (Å²) in [5.41, 5.74) is -0.137. The number of halogens is 1. The molecule has 0 heterocycles. The van der Waals surface area contributed by atoms with Crippen molar-refractivity contribution in [1.82, 2.24) is 0 Å². The van der Waals surface area contributed by atoms with E-state index >= 15 is 0 Å². The fraction of sp³-hybridized carbons (Fsp3) is 0. The molecule has 0 saturated carbocycles. The van der Waals surface area contributed by atoms with Crippen LogP contribution in [0.25, 0.3) is 0 Å². The molecule has 0 aliphatic carbocycles. The maximum atomic E-state index is 10.3. The van der Waals surface area contributed by atoms with Gasteiger partial charge in [-0.1, -0.05) is 17.7 Å². The highest BCUT2D eigenvalue weighted by Gasteiger charge is 2.17. The Kier molecular flexibility index (Phi) is 2.87. The van der Waals surface area contributed by atoms with Crippen molar-refractivity contribution in [2.24, 2.45) is 0 Å². The standard InChI is InChI=1S/C6H5BClNO4/c8-5-3-4(7(10)11)1-2-6(5)9(12)13/h1-3,10-11H. The van der Waals surface area contributed by atoms with Gasteiger partial charge in [0.2, 0.25) is 0 Å². The fourth-order valence-electron chi connectivity index (χ4n) is 0.832. The number of rotatable bonds is 2. The van der Waals surface area contributed by atoms with Crippen molar-refractivity contribution in [1.29, 1.82) is 0 Å². The molecular weight excluding hydrogens is 196 g/mol. The van der Waals surface area contributed by atoms with Crippen LogP contribution >= 0.6 is 11.6 Å². The normalized spacial score (nSPS) is 9.77. The van der Waals surface area contributed by atoms with E-state index < -0.39 is 12.0 Å². The molecule has 1 rings (SSSR count). The first kappa shape index (κ1) is 9.98. The van der Waals surface area contributed by atoms with Crippen molar-refractivity contribution >= 4 is 29.9 Å². The zero-order chi connectivity index (χ0) is 10.0. The third kappa shape index (κ3) is 2.18. The molecule has 5 nitrogen and oxygen atoms in total. The minimum atomic E-state index is -1.67. The summed E-state index contributed by atoms with van der Waals surface area (Å²) in [6.45, 7) is 0. The first-order chi connectivity index (χ1) is 6.02. The van der Waals surface area contributed by atoms with Gasteiger partial charge in [-0.25, -0.2) is 0 Å². The third-order valence-corrected chi connectivity index (χ3v) is 1.77. The summed E-state index contributed by atoms with van der Waals surface area (Å²) < 4.78 is 0. The molecule has 0 aliphatic rings. The molecule has 68 valence electrons. The number of benzene rings is 1. The molecule has 0 atom stereocenters. The molecule has 2 N–H and O–H groups in total. The van der Waals surface area contributed by atoms with Gasteiger partial charge in [0, 0.05) is 6.07 Å². The number of nitro groups is 1. The Labute approximate surface area is 78.9 Å². The molecule has 0 unspecified atom stereocenters. The van der Waals surface area contributed by atoms with E-state index in [1.54, 1.807) is 0 Å². The summed E-state index contributed by atoms with van der Waals surface area (Å²) in [6, 6.07) is 3.50.